The quantitative estimate of drug-likeness (QED) is 0.859. The van der Waals surface area contributed by atoms with Crippen molar-refractivity contribution in [3.05, 3.63) is 29.3 Å². The maximum absolute atomic E-state index is 13.5. The van der Waals surface area contributed by atoms with E-state index in [1.807, 2.05) is 0 Å². The van der Waals surface area contributed by atoms with Gasteiger partial charge in [-0.05, 0) is 32.0 Å². The molecule has 0 bridgehead atoms. The van der Waals surface area contributed by atoms with Crippen LogP contribution in [0.3, 0.4) is 0 Å². The Bertz CT molecular complexity index is 581. The van der Waals surface area contributed by atoms with E-state index in [9.17, 15) is 14.0 Å². The fourth-order valence-corrected chi connectivity index (χ4v) is 1.45. The zero-order valence-electron chi connectivity index (χ0n) is 12.0. The zero-order valence-corrected chi connectivity index (χ0v) is 12.0. The van der Waals surface area contributed by atoms with Gasteiger partial charge < -0.3 is 10.2 Å². The standard InChI is InChI=1S/C15H17FN2O2/c1-6-10-9-11(17-14(20)15(2,3)16)7-8-12(10)13(19)18(4)5/h1,7-9H,2-5H3,(H,17,20). The lowest BCUT2D eigenvalue weighted by atomic mass is 10.1. The molecule has 0 aliphatic heterocycles. The van der Waals surface area contributed by atoms with Crippen molar-refractivity contribution in [2.45, 2.75) is 19.5 Å². The fourth-order valence-electron chi connectivity index (χ4n) is 1.45. The van der Waals surface area contributed by atoms with Gasteiger partial charge in [0.05, 0.1) is 5.56 Å². The number of rotatable bonds is 3. The summed E-state index contributed by atoms with van der Waals surface area (Å²) in [5.74, 6) is 1.39. The number of hydrogen-bond donors (Lipinski definition) is 1. The van der Waals surface area contributed by atoms with Crippen molar-refractivity contribution in [3.63, 3.8) is 0 Å². The molecule has 106 valence electrons. The largest absolute Gasteiger partial charge is 0.345 e. The number of anilines is 1. The Morgan fingerprint density at radius 1 is 1.35 bits per heavy atom. The van der Waals surface area contributed by atoms with Crippen molar-refractivity contribution in [3.8, 4) is 12.3 Å². The monoisotopic (exact) mass is 276 g/mol. The topological polar surface area (TPSA) is 49.4 Å². The lowest BCUT2D eigenvalue weighted by molar-refractivity contribution is -0.125. The van der Waals surface area contributed by atoms with E-state index in [0.717, 1.165) is 13.8 Å². The van der Waals surface area contributed by atoms with Gasteiger partial charge >= 0.3 is 0 Å². The summed E-state index contributed by atoms with van der Waals surface area (Å²) in [6, 6.07) is 4.50. The van der Waals surface area contributed by atoms with Crippen LogP contribution in [0.15, 0.2) is 18.2 Å². The van der Waals surface area contributed by atoms with E-state index in [-0.39, 0.29) is 5.91 Å². The summed E-state index contributed by atoms with van der Waals surface area (Å²) in [6.45, 7) is 2.32. The van der Waals surface area contributed by atoms with Crippen LogP contribution in [-0.4, -0.2) is 36.5 Å². The first-order valence-electron chi connectivity index (χ1n) is 5.99. The van der Waals surface area contributed by atoms with Crippen molar-refractivity contribution in [2.24, 2.45) is 0 Å². The summed E-state index contributed by atoms with van der Waals surface area (Å²) in [6.07, 6.45) is 5.37. The maximum Gasteiger partial charge on any atom is 0.261 e. The van der Waals surface area contributed by atoms with Crippen LogP contribution in [0.2, 0.25) is 0 Å². The van der Waals surface area contributed by atoms with Crippen molar-refractivity contribution in [1.29, 1.82) is 0 Å². The molecule has 0 saturated heterocycles. The third kappa shape index (κ3) is 3.58. The molecule has 0 aromatic heterocycles. The van der Waals surface area contributed by atoms with Gasteiger partial charge in [0.1, 0.15) is 0 Å². The van der Waals surface area contributed by atoms with Gasteiger partial charge in [0.2, 0.25) is 0 Å². The van der Waals surface area contributed by atoms with Crippen LogP contribution in [0.25, 0.3) is 0 Å². The second-order valence-electron chi connectivity index (χ2n) is 5.03. The van der Waals surface area contributed by atoms with E-state index in [2.05, 4.69) is 11.2 Å². The molecule has 4 nitrogen and oxygen atoms in total. The number of amides is 2. The minimum absolute atomic E-state index is 0.235. The molecule has 20 heavy (non-hydrogen) atoms. The Hall–Kier alpha value is -2.35. The molecule has 0 atom stereocenters. The highest BCUT2D eigenvalue weighted by molar-refractivity contribution is 5.99. The van der Waals surface area contributed by atoms with Gasteiger partial charge in [-0.15, -0.1) is 6.42 Å². The molecule has 2 amide bonds. The number of alkyl halides is 1. The lowest BCUT2D eigenvalue weighted by Crippen LogP contribution is -2.32. The number of hydrogen-bond acceptors (Lipinski definition) is 2. The Labute approximate surface area is 118 Å². The Morgan fingerprint density at radius 3 is 2.40 bits per heavy atom. The highest BCUT2D eigenvalue weighted by Gasteiger charge is 2.26. The lowest BCUT2D eigenvalue weighted by Gasteiger charge is -2.16. The normalized spacial score (nSPS) is 10.6. The molecule has 0 aliphatic carbocycles. The van der Waals surface area contributed by atoms with Crippen LogP contribution in [0.5, 0.6) is 0 Å². The van der Waals surface area contributed by atoms with Gasteiger partial charge in [-0.3, -0.25) is 9.59 Å². The molecule has 1 aromatic rings. The van der Waals surface area contributed by atoms with E-state index in [0.29, 0.717) is 16.8 Å². The summed E-state index contributed by atoms with van der Waals surface area (Å²) in [5.41, 5.74) is -0.939. The van der Waals surface area contributed by atoms with Gasteiger partial charge in [0.15, 0.2) is 5.67 Å². The number of benzene rings is 1. The molecule has 1 rings (SSSR count). The highest BCUT2D eigenvalue weighted by atomic mass is 19.1. The van der Waals surface area contributed by atoms with Gasteiger partial charge in [-0.1, -0.05) is 5.92 Å². The second kappa shape index (κ2) is 5.74. The zero-order chi connectivity index (χ0) is 15.5. The first kappa shape index (κ1) is 15.7. The second-order valence-corrected chi connectivity index (χ2v) is 5.03. The summed E-state index contributed by atoms with van der Waals surface area (Å²) < 4.78 is 13.5. The molecule has 0 radical (unpaired) electrons. The van der Waals surface area contributed by atoms with E-state index >= 15 is 0 Å². The average molecular weight is 276 g/mol. The number of terminal acetylenes is 1. The number of nitrogens with zero attached hydrogens (tertiary/aromatic N) is 1. The smallest absolute Gasteiger partial charge is 0.261 e. The van der Waals surface area contributed by atoms with Crippen LogP contribution >= 0.6 is 0 Å². The molecular formula is C15H17FN2O2. The fraction of sp³-hybridized carbons (Fsp3) is 0.333. The highest BCUT2D eigenvalue weighted by Crippen LogP contribution is 2.19. The number of nitrogens with one attached hydrogen (secondary N) is 1. The number of carbonyl (C=O) groups excluding carboxylic acids is 2. The summed E-state index contributed by atoms with van der Waals surface area (Å²) in [4.78, 5) is 24.8. The van der Waals surface area contributed by atoms with Crippen LogP contribution < -0.4 is 5.32 Å². The molecule has 0 unspecified atom stereocenters. The van der Waals surface area contributed by atoms with E-state index in [1.54, 1.807) is 14.1 Å². The van der Waals surface area contributed by atoms with Crippen molar-refractivity contribution in [1.82, 2.24) is 4.90 Å². The molecule has 1 N–H and O–H groups in total. The van der Waals surface area contributed by atoms with Crippen LogP contribution in [0.1, 0.15) is 29.8 Å². The minimum Gasteiger partial charge on any atom is -0.345 e. The van der Waals surface area contributed by atoms with Gasteiger partial charge in [-0.25, -0.2) is 4.39 Å². The molecule has 0 aliphatic rings. The molecule has 0 fully saturated rings. The molecule has 1 aromatic carbocycles. The molecule has 0 heterocycles. The predicted octanol–water partition coefficient (Wildman–Crippen LogP) is 2.06. The molecular weight excluding hydrogens is 259 g/mol. The predicted molar refractivity (Wildman–Crippen MR) is 76.2 cm³/mol. The van der Waals surface area contributed by atoms with Crippen LogP contribution in [0.4, 0.5) is 10.1 Å². The Morgan fingerprint density at radius 2 is 1.95 bits per heavy atom. The third-order valence-electron chi connectivity index (χ3n) is 2.61. The van der Waals surface area contributed by atoms with E-state index < -0.39 is 11.6 Å². The molecule has 5 heteroatoms. The van der Waals surface area contributed by atoms with E-state index in [4.69, 9.17) is 6.42 Å². The SMILES string of the molecule is C#Cc1cc(NC(=O)C(C)(C)F)ccc1C(=O)N(C)C. The van der Waals surface area contributed by atoms with Gasteiger partial charge in [0.25, 0.3) is 11.8 Å². The Balaban J connectivity index is 3.09. The van der Waals surface area contributed by atoms with Crippen molar-refractivity contribution in [2.75, 3.05) is 19.4 Å². The van der Waals surface area contributed by atoms with Crippen molar-refractivity contribution < 1.29 is 14.0 Å². The Kier molecular flexibility index (Phi) is 4.51. The van der Waals surface area contributed by atoms with Gasteiger partial charge in [0, 0.05) is 25.3 Å². The average Bonchev–Trinajstić information content (AvgIpc) is 2.36. The summed E-state index contributed by atoms with van der Waals surface area (Å²) >= 11 is 0. The van der Waals surface area contributed by atoms with Crippen LogP contribution in [-0.2, 0) is 4.79 Å². The van der Waals surface area contributed by atoms with Crippen molar-refractivity contribution >= 4 is 17.5 Å². The first-order chi connectivity index (χ1) is 9.16. The van der Waals surface area contributed by atoms with Crippen LogP contribution in [0, 0.1) is 12.3 Å². The number of carbonyl (C=O) groups is 2. The number of halogens is 1. The first-order valence-corrected chi connectivity index (χ1v) is 5.99. The van der Waals surface area contributed by atoms with E-state index in [1.165, 1.54) is 23.1 Å². The third-order valence-corrected chi connectivity index (χ3v) is 2.61. The summed E-state index contributed by atoms with van der Waals surface area (Å²) in [5, 5.41) is 2.42. The van der Waals surface area contributed by atoms with Gasteiger partial charge in [-0.2, -0.15) is 0 Å². The summed E-state index contributed by atoms with van der Waals surface area (Å²) in [7, 11) is 3.23. The minimum atomic E-state index is -1.99. The molecule has 0 saturated carbocycles. The maximum atomic E-state index is 13.5. The molecule has 0 spiro atoms.